The summed E-state index contributed by atoms with van der Waals surface area (Å²) in [6, 6.07) is 9.72. The molecular formula is C14H16FN3O2S. The molecule has 5 nitrogen and oxygen atoms in total. The molecule has 2 rings (SSSR count). The zero-order valence-corrected chi connectivity index (χ0v) is 12.5. The number of aromatic nitrogens is 1. The van der Waals surface area contributed by atoms with Gasteiger partial charge in [-0.2, -0.15) is 0 Å². The molecule has 1 heterocycles. The van der Waals surface area contributed by atoms with E-state index in [1.54, 1.807) is 30.3 Å². The smallest absolute Gasteiger partial charge is 0.229 e. The highest BCUT2D eigenvalue weighted by atomic mass is 32.2. The molecule has 0 aliphatic heterocycles. The fraction of sp³-hybridized carbons (Fsp3) is 0.214. The number of hydrogen-bond donors (Lipinski definition) is 2. The maximum absolute atomic E-state index is 12.8. The second kappa shape index (κ2) is 6.09. The molecule has 2 aromatic rings. The molecule has 0 spiro atoms. The lowest BCUT2D eigenvalue weighted by molar-refractivity contribution is 0.606. The number of nitrogens with zero attached hydrogens (tertiary/aromatic N) is 1. The monoisotopic (exact) mass is 309 g/mol. The van der Waals surface area contributed by atoms with E-state index in [-0.39, 0.29) is 11.9 Å². The van der Waals surface area contributed by atoms with E-state index in [0.717, 1.165) is 17.6 Å². The molecule has 1 atom stereocenters. The van der Waals surface area contributed by atoms with Crippen molar-refractivity contribution in [3.05, 3.63) is 54.1 Å². The van der Waals surface area contributed by atoms with Crippen LogP contribution in [0.5, 0.6) is 0 Å². The summed E-state index contributed by atoms with van der Waals surface area (Å²) in [6.07, 6.45) is 2.27. The number of nitrogens with one attached hydrogen (secondary N) is 2. The molecule has 1 aromatic carbocycles. The molecular weight excluding hydrogens is 293 g/mol. The Morgan fingerprint density at radius 3 is 2.24 bits per heavy atom. The lowest BCUT2D eigenvalue weighted by Gasteiger charge is -2.15. The van der Waals surface area contributed by atoms with Crippen LogP contribution in [-0.4, -0.2) is 19.7 Å². The Balaban J connectivity index is 2.04. The fourth-order valence-corrected chi connectivity index (χ4v) is 2.38. The standard InChI is InChI=1S/C14H16FN3O2S/c1-10(14-8-3-11(15)9-16-14)17-12-4-6-13(7-5-12)18-21(2,19)20/h3-10,17-18H,1-2H3. The van der Waals surface area contributed by atoms with Gasteiger partial charge in [0.2, 0.25) is 10.0 Å². The summed E-state index contributed by atoms with van der Waals surface area (Å²) in [5.74, 6) is -0.373. The predicted octanol–water partition coefficient (Wildman–Crippen LogP) is 2.77. The van der Waals surface area contributed by atoms with Crippen molar-refractivity contribution >= 4 is 21.4 Å². The molecule has 0 aliphatic carbocycles. The average Bonchev–Trinajstić information content (AvgIpc) is 2.40. The van der Waals surface area contributed by atoms with Crippen LogP contribution < -0.4 is 10.0 Å². The molecule has 21 heavy (non-hydrogen) atoms. The molecule has 0 radical (unpaired) electrons. The van der Waals surface area contributed by atoms with E-state index >= 15 is 0 Å². The summed E-state index contributed by atoms with van der Waals surface area (Å²) in [6.45, 7) is 1.91. The Morgan fingerprint density at radius 2 is 1.71 bits per heavy atom. The second-order valence-electron chi connectivity index (χ2n) is 4.72. The lowest BCUT2D eigenvalue weighted by Crippen LogP contribution is -2.10. The van der Waals surface area contributed by atoms with Crippen LogP contribution in [0.4, 0.5) is 15.8 Å². The Morgan fingerprint density at radius 1 is 1.10 bits per heavy atom. The quantitative estimate of drug-likeness (QED) is 0.891. The molecule has 0 aliphatic rings. The van der Waals surface area contributed by atoms with Gasteiger partial charge < -0.3 is 5.32 Å². The van der Waals surface area contributed by atoms with E-state index in [2.05, 4.69) is 15.0 Å². The van der Waals surface area contributed by atoms with Gasteiger partial charge in [-0.05, 0) is 43.3 Å². The van der Waals surface area contributed by atoms with Crippen molar-refractivity contribution in [2.45, 2.75) is 13.0 Å². The van der Waals surface area contributed by atoms with Crippen molar-refractivity contribution in [3.63, 3.8) is 0 Å². The topological polar surface area (TPSA) is 71.1 Å². The lowest BCUT2D eigenvalue weighted by atomic mass is 10.2. The normalized spacial score (nSPS) is 12.7. The minimum Gasteiger partial charge on any atom is -0.377 e. The fourth-order valence-electron chi connectivity index (χ4n) is 1.82. The molecule has 0 bridgehead atoms. The molecule has 0 saturated heterocycles. The highest BCUT2D eigenvalue weighted by Gasteiger charge is 2.07. The zero-order valence-electron chi connectivity index (χ0n) is 11.7. The van der Waals surface area contributed by atoms with Crippen LogP contribution in [0.15, 0.2) is 42.6 Å². The Bertz CT molecular complexity index is 700. The second-order valence-corrected chi connectivity index (χ2v) is 6.47. The van der Waals surface area contributed by atoms with Crippen LogP contribution >= 0.6 is 0 Å². The summed E-state index contributed by atoms with van der Waals surface area (Å²) in [4.78, 5) is 4.01. The summed E-state index contributed by atoms with van der Waals surface area (Å²) in [7, 11) is -3.28. The number of benzene rings is 1. The van der Waals surface area contributed by atoms with Crippen molar-refractivity contribution in [2.75, 3.05) is 16.3 Å². The number of rotatable bonds is 5. The first-order chi connectivity index (χ1) is 9.83. The van der Waals surface area contributed by atoms with Gasteiger partial charge in [0.25, 0.3) is 0 Å². The van der Waals surface area contributed by atoms with E-state index in [1.807, 2.05) is 6.92 Å². The van der Waals surface area contributed by atoms with Crippen LogP contribution in [0.2, 0.25) is 0 Å². The van der Waals surface area contributed by atoms with Gasteiger partial charge in [0, 0.05) is 11.4 Å². The molecule has 1 aromatic heterocycles. The Hall–Kier alpha value is -2.15. The van der Waals surface area contributed by atoms with E-state index in [4.69, 9.17) is 0 Å². The van der Waals surface area contributed by atoms with E-state index in [0.29, 0.717) is 5.69 Å². The van der Waals surface area contributed by atoms with Gasteiger partial charge in [-0.1, -0.05) is 0 Å². The van der Waals surface area contributed by atoms with Crippen molar-refractivity contribution in [1.29, 1.82) is 0 Å². The van der Waals surface area contributed by atoms with Crippen LogP contribution in [0.25, 0.3) is 0 Å². The minimum absolute atomic E-state index is 0.0979. The molecule has 0 fully saturated rings. The van der Waals surface area contributed by atoms with Crippen molar-refractivity contribution in [3.8, 4) is 0 Å². The third-order valence-electron chi connectivity index (χ3n) is 2.77. The molecule has 2 N–H and O–H groups in total. The summed E-state index contributed by atoms with van der Waals surface area (Å²) < 4.78 is 37.4. The van der Waals surface area contributed by atoms with Gasteiger partial charge in [-0.15, -0.1) is 0 Å². The third kappa shape index (κ3) is 4.71. The van der Waals surface area contributed by atoms with Crippen molar-refractivity contribution < 1.29 is 12.8 Å². The van der Waals surface area contributed by atoms with Gasteiger partial charge in [0.05, 0.1) is 24.2 Å². The van der Waals surface area contributed by atoms with E-state index < -0.39 is 10.0 Å². The number of anilines is 2. The first-order valence-corrected chi connectivity index (χ1v) is 8.18. The highest BCUT2D eigenvalue weighted by Crippen LogP contribution is 2.20. The SMILES string of the molecule is CC(Nc1ccc(NS(C)(=O)=O)cc1)c1ccc(F)cn1. The largest absolute Gasteiger partial charge is 0.377 e. The number of sulfonamides is 1. The number of pyridine rings is 1. The first kappa shape index (κ1) is 15.2. The first-order valence-electron chi connectivity index (χ1n) is 6.29. The van der Waals surface area contributed by atoms with Crippen LogP contribution in [-0.2, 0) is 10.0 Å². The maximum Gasteiger partial charge on any atom is 0.229 e. The van der Waals surface area contributed by atoms with Gasteiger partial charge in [0.1, 0.15) is 5.82 Å². The highest BCUT2D eigenvalue weighted by molar-refractivity contribution is 7.92. The van der Waals surface area contributed by atoms with Gasteiger partial charge in [-0.3, -0.25) is 9.71 Å². The Kier molecular flexibility index (Phi) is 4.42. The van der Waals surface area contributed by atoms with Crippen molar-refractivity contribution in [1.82, 2.24) is 4.98 Å². The number of hydrogen-bond acceptors (Lipinski definition) is 4. The average molecular weight is 309 g/mol. The van der Waals surface area contributed by atoms with Gasteiger partial charge >= 0.3 is 0 Å². The summed E-state index contributed by atoms with van der Waals surface area (Å²) in [5, 5.41) is 3.21. The Labute approximate surface area is 123 Å². The van der Waals surface area contributed by atoms with Crippen LogP contribution in [0.3, 0.4) is 0 Å². The molecule has 0 amide bonds. The van der Waals surface area contributed by atoms with Crippen molar-refractivity contribution in [2.24, 2.45) is 0 Å². The predicted molar refractivity (Wildman–Crippen MR) is 81.1 cm³/mol. The molecule has 1 unspecified atom stereocenters. The molecule has 7 heteroatoms. The number of halogens is 1. The maximum atomic E-state index is 12.8. The third-order valence-corrected chi connectivity index (χ3v) is 3.37. The van der Waals surface area contributed by atoms with Gasteiger partial charge in [-0.25, -0.2) is 12.8 Å². The minimum atomic E-state index is -3.28. The summed E-state index contributed by atoms with van der Waals surface area (Å²) in [5.41, 5.74) is 2.03. The van der Waals surface area contributed by atoms with E-state index in [1.165, 1.54) is 12.3 Å². The van der Waals surface area contributed by atoms with Gasteiger partial charge in [0.15, 0.2) is 0 Å². The molecule has 112 valence electrons. The van der Waals surface area contributed by atoms with E-state index in [9.17, 15) is 12.8 Å². The van der Waals surface area contributed by atoms with Crippen LogP contribution in [0, 0.1) is 5.82 Å². The van der Waals surface area contributed by atoms with Crippen LogP contribution in [0.1, 0.15) is 18.7 Å². The summed E-state index contributed by atoms with van der Waals surface area (Å²) >= 11 is 0. The molecule has 0 saturated carbocycles. The zero-order chi connectivity index (χ0) is 15.5.